The molecule has 0 amide bonds. The zero-order valence-corrected chi connectivity index (χ0v) is 9.73. The summed E-state index contributed by atoms with van der Waals surface area (Å²) in [4.78, 5) is 3.31. The van der Waals surface area contributed by atoms with Gasteiger partial charge in [-0.3, -0.25) is 0 Å². The summed E-state index contributed by atoms with van der Waals surface area (Å²) in [6, 6.07) is 3.87. The summed E-state index contributed by atoms with van der Waals surface area (Å²) in [5.74, 6) is 0.937. The van der Waals surface area contributed by atoms with Crippen molar-refractivity contribution in [2.45, 2.75) is 0 Å². The van der Waals surface area contributed by atoms with E-state index in [2.05, 4.69) is 20.9 Å². The van der Waals surface area contributed by atoms with Crippen molar-refractivity contribution in [1.82, 2.24) is 4.98 Å². The van der Waals surface area contributed by atoms with E-state index >= 15 is 0 Å². The third kappa shape index (κ3) is 1.32. The molecular formula is C11H17N5. The van der Waals surface area contributed by atoms with E-state index in [9.17, 15) is 0 Å². The maximum atomic E-state index is 6.01. The van der Waals surface area contributed by atoms with E-state index in [1.807, 2.05) is 33.3 Å². The first kappa shape index (κ1) is 10.5. The minimum absolute atomic E-state index is 0.760. The molecule has 6 N–H and O–H groups in total. The molecule has 1 aromatic carbocycles. The Labute approximate surface area is 94.4 Å². The van der Waals surface area contributed by atoms with Crippen molar-refractivity contribution in [3.8, 4) is 0 Å². The molecule has 0 aliphatic carbocycles. The summed E-state index contributed by atoms with van der Waals surface area (Å²) in [7, 11) is 5.65. The first-order valence-electron chi connectivity index (χ1n) is 5.20. The Hall–Kier alpha value is -2.04. The molecule has 0 aliphatic heterocycles. The van der Waals surface area contributed by atoms with Gasteiger partial charge in [-0.05, 0) is 12.1 Å². The summed E-state index contributed by atoms with van der Waals surface area (Å²) in [6.45, 7) is 0. The van der Waals surface area contributed by atoms with Gasteiger partial charge in [0.1, 0.15) is 5.82 Å². The summed E-state index contributed by atoms with van der Waals surface area (Å²) in [5.41, 5.74) is 9.80. The predicted octanol–water partition coefficient (Wildman–Crippen LogP) is 1.88. The van der Waals surface area contributed by atoms with Crippen molar-refractivity contribution in [2.24, 2.45) is 0 Å². The van der Waals surface area contributed by atoms with Gasteiger partial charge >= 0.3 is 0 Å². The number of nitrogens with one attached hydrogen (secondary N) is 4. The van der Waals surface area contributed by atoms with Crippen LogP contribution in [0.25, 0.3) is 10.9 Å². The molecule has 1 aromatic heterocycles. The van der Waals surface area contributed by atoms with Crippen molar-refractivity contribution in [2.75, 3.05) is 42.8 Å². The lowest BCUT2D eigenvalue weighted by molar-refractivity contribution is 1.37. The van der Waals surface area contributed by atoms with E-state index in [1.54, 1.807) is 0 Å². The summed E-state index contributed by atoms with van der Waals surface area (Å²) < 4.78 is 0. The van der Waals surface area contributed by atoms with Gasteiger partial charge in [0.15, 0.2) is 0 Å². The molecule has 5 heteroatoms. The molecule has 0 radical (unpaired) electrons. The third-order valence-corrected chi connectivity index (χ3v) is 2.76. The molecule has 0 aliphatic rings. The van der Waals surface area contributed by atoms with Crippen LogP contribution in [0.5, 0.6) is 0 Å². The van der Waals surface area contributed by atoms with Crippen LogP contribution in [0.2, 0.25) is 0 Å². The number of H-pyrrole nitrogens is 1. The third-order valence-electron chi connectivity index (χ3n) is 2.76. The van der Waals surface area contributed by atoms with Crippen molar-refractivity contribution >= 4 is 33.8 Å². The normalized spacial score (nSPS) is 10.4. The Kier molecular flexibility index (Phi) is 2.52. The van der Waals surface area contributed by atoms with Crippen LogP contribution in [0.3, 0.4) is 0 Å². The molecule has 86 valence electrons. The fourth-order valence-electron chi connectivity index (χ4n) is 1.98. The van der Waals surface area contributed by atoms with Gasteiger partial charge in [0.05, 0.1) is 16.9 Å². The van der Waals surface area contributed by atoms with Crippen molar-refractivity contribution in [3.05, 3.63) is 12.1 Å². The first-order valence-corrected chi connectivity index (χ1v) is 5.20. The number of anilines is 4. The number of aromatic nitrogens is 1. The maximum Gasteiger partial charge on any atom is 0.128 e. The Morgan fingerprint density at radius 1 is 1.06 bits per heavy atom. The van der Waals surface area contributed by atoms with Gasteiger partial charge in [-0.25, -0.2) is 0 Å². The second kappa shape index (κ2) is 3.84. The molecule has 0 bridgehead atoms. The molecule has 0 fully saturated rings. The van der Waals surface area contributed by atoms with Gasteiger partial charge in [0, 0.05) is 32.2 Å². The lowest BCUT2D eigenvalue weighted by Crippen LogP contribution is -1.95. The monoisotopic (exact) mass is 219 g/mol. The number of hydrogen-bond acceptors (Lipinski definition) is 4. The van der Waals surface area contributed by atoms with Crippen LogP contribution in [0.15, 0.2) is 12.1 Å². The van der Waals surface area contributed by atoms with E-state index in [0.717, 1.165) is 33.8 Å². The fraction of sp³-hybridized carbons (Fsp3) is 0.273. The maximum absolute atomic E-state index is 6.01. The van der Waals surface area contributed by atoms with Gasteiger partial charge in [0.2, 0.25) is 0 Å². The Bertz CT molecular complexity index is 515. The van der Waals surface area contributed by atoms with Crippen LogP contribution in [-0.4, -0.2) is 26.1 Å². The highest BCUT2D eigenvalue weighted by Gasteiger charge is 2.14. The number of hydrogen-bond donors (Lipinski definition) is 5. The van der Waals surface area contributed by atoms with E-state index in [1.165, 1.54) is 0 Å². The smallest absolute Gasteiger partial charge is 0.128 e. The number of nitrogen functional groups attached to an aromatic ring is 1. The Morgan fingerprint density at radius 2 is 1.81 bits per heavy atom. The summed E-state index contributed by atoms with van der Waals surface area (Å²) in [5, 5.41) is 10.4. The zero-order valence-electron chi connectivity index (χ0n) is 9.73. The number of benzene rings is 1. The Balaban J connectivity index is 2.84. The molecule has 16 heavy (non-hydrogen) atoms. The highest BCUT2D eigenvalue weighted by molar-refractivity contribution is 6.11. The standard InChI is InChI=1S/C11H17N5/c1-13-7-5-4-6(12)8-9(7)16-11(15-3)10(8)14-2/h4-5,13-16H,12H2,1-3H3. The van der Waals surface area contributed by atoms with Crippen LogP contribution in [0.1, 0.15) is 0 Å². The van der Waals surface area contributed by atoms with Crippen molar-refractivity contribution < 1.29 is 0 Å². The zero-order chi connectivity index (χ0) is 11.7. The lowest BCUT2D eigenvalue weighted by atomic mass is 10.1. The van der Waals surface area contributed by atoms with Gasteiger partial charge in [-0.2, -0.15) is 0 Å². The molecule has 2 aromatic rings. The SMILES string of the molecule is CNc1[nH]c2c(NC)ccc(N)c2c1NC. The van der Waals surface area contributed by atoms with Crippen LogP contribution >= 0.6 is 0 Å². The van der Waals surface area contributed by atoms with Crippen LogP contribution < -0.4 is 21.7 Å². The van der Waals surface area contributed by atoms with Gasteiger partial charge < -0.3 is 26.7 Å². The molecule has 1 heterocycles. The number of nitrogens with two attached hydrogens (primary N) is 1. The lowest BCUT2D eigenvalue weighted by Gasteiger charge is -2.05. The predicted molar refractivity (Wildman–Crippen MR) is 71.4 cm³/mol. The molecule has 0 saturated heterocycles. The molecule has 0 atom stereocenters. The van der Waals surface area contributed by atoms with Gasteiger partial charge in [0.25, 0.3) is 0 Å². The number of rotatable bonds is 3. The number of fused-ring (bicyclic) bond motifs is 1. The molecule has 0 unspecified atom stereocenters. The topological polar surface area (TPSA) is 77.9 Å². The van der Waals surface area contributed by atoms with E-state index < -0.39 is 0 Å². The highest BCUT2D eigenvalue weighted by Crippen LogP contribution is 2.38. The minimum atomic E-state index is 0.760. The quantitative estimate of drug-likeness (QED) is 0.511. The van der Waals surface area contributed by atoms with E-state index in [0.29, 0.717) is 0 Å². The van der Waals surface area contributed by atoms with Crippen LogP contribution in [-0.2, 0) is 0 Å². The van der Waals surface area contributed by atoms with Crippen LogP contribution in [0, 0.1) is 0 Å². The van der Waals surface area contributed by atoms with Gasteiger partial charge in [-0.1, -0.05) is 0 Å². The first-order chi connectivity index (χ1) is 7.72. The summed E-state index contributed by atoms with van der Waals surface area (Å²) in [6.07, 6.45) is 0. The molecule has 0 saturated carbocycles. The number of aromatic amines is 1. The average molecular weight is 219 g/mol. The fourth-order valence-corrected chi connectivity index (χ4v) is 1.98. The Morgan fingerprint density at radius 3 is 2.38 bits per heavy atom. The molecular weight excluding hydrogens is 202 g/mol. The molecule has 5 nitrogen and oxygen atoms in total. The molecule has 0 spiro atoms. The molecule has 2 rings (SSSR count). The average Bonchev–Trinajstić information content (AvgIpc) is 2.69. The van der Waals surface area contributed by atoms with Gasteiger partial charge in [-0.15, -0.1) is 0 Å². The van der Waals surface area contributed by atoms with Crippen LogP contribution in [0.4, 0.5) is 22.9 Å². The van der Waals surface area contributed by atoms with Crippen molar-refractivity contribution in [1.29, 1.82) is 0 Å². The largest absolute Gasteiger partial charge is 0.398 e. The summed E-state index contributed by atoms with van der Waals surface area (Å²) >= 11 is 0. The second-order valence-electron chi connectivity index (χ2n) is 3.58. The minimum Gasteiger partial charge on any atom is -0.398 e. The van der Waals surface area contributed by atoms with E-state index in [4.69, 9.17) is 5.73 Å². The van der Waals surface area contributed by atoms with E-state index in [-0.39, 0.29) is 0 Å². The highest BCUT2D eigenvalue weighted by atomic mass is 15.0. The van der Waals surface area contributed by atoms with Crippen molar-refractivity contribution in [3.63, 3.8) is 0 Å². The second-order valence-corrected chi connectivity index (χ2v) is 3.58.